The van der Waals surface area contributed by atoms with Gasteiger partial charge in [0.1, 0.15) is 5.57 Å². The highest BCUT2D eigenvalue weighted by Gasteiger charge is 2.36. The minimum absolute atomic E-state index is 0.0959. The highest BCUT2D eigenvalue weighted by atomic mass is 16.2. The molecule has 5 rings (SSSR count). The Morgan fingerprint density at radius 2 is 1.67 bits per heavy atom. The molecule has 4 aromatic rings. The lowest BCUT2D eigenvalue weighted by atomic mass is 10.1. The third-order valence-electron chi connectivity index (χ3n) is 5.73. The zero-order valence-electron chi connectivity index (χ0n) is 18.1. The summed E-state index contributed by atoms with van der Waals surface area (Å²) < 4.78 is 2.06. The predicted octanol–water partition coefficient (Wildman–Crippen LogP) is 4.31. The molecular formula is C26H20N4O3. The van der Waals surface area contributed by atoms with Gasteiger partial charge in [0.2, 0.25) is 0 Å². The quantitative estimate of drug-likeness (QED) is 0.383. The summed E-state index contributed by atoms with van der Waals surface area (Å²) in [6.07, 6.45) is 3.30. The van der Waals surface area contributed by atoms with E-state index in [9.17, 15) is 14.4 Å². The molecule has 4 amide bonds. The molecule has 1 aliphatic rings. The van der Waals surface area contributed by atoms with Crippen molar-refractivity contribution in [1.82, 2.24) is 14.9 Å². The van der Waals surface area contributed by atoms with Gasteiger partial charge < -0.3 is 4.57 Å². The SMILES string of the molecule is Cc1cc(/C=C2\C(=O)NC(=O)N(c3ccccc3)C2=O)c(C)n1-c1ccc2ncccc2c1. The maximum Gasteiger partial charge on any atom is 0.335 e. The third kappa shape index (κ3) is 3.49. The van der Waals surface area contributed by atoms with E-state index in [1.807, 2.05) is 50.2 Å². The second-order valence-corrected chi connectivity index (χ2v) is 7.84. The molecule has 0 saturated carbocycles. The molecule has 1 N–H and O–H groups in total. The molecule has 3 heterocycles. The summed E-state index contributed by atoms with van der Waals surface area (Å²) in [6, 6.07) is 19.6. The molecule has 0 radical (unpaired) electrons. The van der Waals surface area contributed by atoms with Gasteiger partial charge in [0, 0.05) is 28.7 Å². The van der Waals surface area contributed by atoms with Crippen molar-refractivity contribution in [3.8, 4) is 5.69 Å². The molecule has 2 aromatic carbocycles. The fourth-order valence-electron chi connectivity index (χ4n) is 4.16. The van der Waals surface area contributed by atoms with Crippen LogP contribution in [0.5, 0.6) is 0 Å². The largest absolute Gasteiger partial charge is 0.335 e. The number of fused-ring (bicyclic) bond motifs is 1. The van der Waals surface area contributed by atoms with Gasteiger partial charge >= 0.3 is 6.03 Å². The first kappa shape index (κ1) is 20.4. The van der Waals surface area contributed by atoms with Crippen molar-refractivity contribution in [1.29, 1.82) is 0 Å². The van der Waals surface area contributed by atoms with Gasteiger partial charge in [-0.15, -0.1) is 0 Å². The van der Waals surface area contributed by atoms with Gasteiger partial charge in [-0.25, -0.2) is 9.69 Å². The Balaban J connectivity index is 1.57. The van der Waals surface area contributed by atoms with Gasteiger partial charge in [-0.3, -0.25) is 19.9 Å². The highest BCUT2D eigenvalue weighted by Crippen LogP contribution is 2.27. The monoisotopic (exact) mass is 436 g/mol. The van der Waals surface area contributed by atoms with Crippen LogP contribution in [0.1, 0.15) is 17.0 Å². The van der Waals surface area contributed by atoms with Gasteiger partial charge in [-0.05, 0) is 68.0 Å². The zero-order chi connectivity index (χ0) is 23.1. The highest BCUT2D eigenvalue weighted by molar-refractivity contribution is 6.39. The van der Waals surface area contributed by atoms with E-state index in [-0.39, 0.29) is 5.57 Å². The van der Waals surface area contributed by atoms with Crippen molar-refractivity contribution in [2.24, 2.45) is 0 Å². The van der Waals surface area contributed by atoms with Crippen LogP contribution in [0.4, 0.5) is 10.5 Å². The molecule has 33 heavy (non-hydrogen) atoms. The van der Waals surface area contributed by atoms with Gasteiger partial charge in [0.05, 0.1) is 11.2 Å². The van der Waals surface area contributed by atoms with E-state index >= 15 is 0 Å². The number of imide groups is 2. The number of rotatable bonds is 3. The van der Waals surface area contributed by atoms with Crippen LogP contribution in [0.3, 0.4) is 0 Å². The molecule has 1 aliphatic heterocycles. The first-order chi connectivity index (χ1) is 15.9. The number of aryl methyl sites for hydroxylation is 1. The molecule has 7 heteroatoms. The number of nitrogens with one attached hydrogen (secondary N) is 1. The summed E-state index contributed by atoms with van der Waals surface area (Å²) in [5, 5.41) is 3.28. The number of hydrogen-bond donors (Lipinski definition) is 1. The predicted molar refractivity (Wildman–Crippen MR) is 126 cm³/mol. The Morgan fingerprint density at radius 1 is 0.879 bits per heavy atom. The Hall–Kier alpha value is -4.52. The van der Waals surface area contributed by atoms with Crippen LogP contribution in [-0.4, -0.2) is 27.4 Å². The number of amides is 4. The summed E-state index contributed by atoms with van der Waals surface area (Å²) in [4.78, 5) is 43.4. The Morgan fingerprint density at radius 3 is 2.45 bits per heavy atom. The van der Waals surface area contributed by atoms with Crippen LogP contribution < -0.4 is 10.2 Å². The van der Waals surface area contributed by atoms with Gasteiger partial charge in [0.15, 0.2) is 0 Å². The summed E-state index contributed by atoms with van der Waals surface area (Å²) in [7, 11) is 0. The lowest BCUT2D eigenvalue weighted by Gasteiger charge is -2.26. The van der Waals surface area contributed by atoms with E-state index in [0.717, 1.165) is 38.4 Å². The lowest BCUT2D eigenvalue weighted by molar-refractivity contribution is -0.122. The van der Waals surface area contributed by atoms with E-state index in [0.29, 0.717) is 5.69 Å². The van der Waals surface area contributed by atoms with Gasteiger partial charge in [-0.1, -0.05) is 24.3 Å². The van der Waals surface area contributed by atoms with Crippen molar-refractivity contribution in [2.45, 2.75) is 13.8 Å². The molecule has 162 valence electrons. The first-order valence-electron chi connectivity index (χ1n) is 10.4. The van der Waals surface area contributed by atoms with Gasteiger partial charge in [-0.2, -0.15) is 0 Å². The van der Waals surface area contributed by atoms with Crippen LogP contribution in [0.2, 0.25) is 0 Å². The summed E-state index contributed by atoms with van der Waals surface area (Å²) >= 11 is 0. The van der Waals surface area contributed by atoms with Crippen molar-refractivity contribution >= 4 is 40.5 Å². The topological polar surface area (TPSA) is 84.3 Å². The molecule has 0 unspecified atom stereocenters. The number of para-hydroxylation sites is 1. The minimum Gasteiger partial charge on any atom is -0.318 e. The van der Waals surface area contributed by atoms with Crippen LogP contribution in [0, 0.1) is 13.8 Å². The van der Waals surface area contributed by atoms with Crippen LogP contribution >= 0.6 is 0 Å². The van der Waals surface area contributed by atoms with Crippen LogP contribution in [0.25, 0.3) is 22.7 Å². The van der Waals surface area contributed by atoms with E-state index in [2.05, 4.69) is 14.9 Å². The number of carbonyl (C=O) groups is 3. The van der Waals surface area contributed by atoms with Crippen molar-refractivity contribution in [3.63, 3.8) is 0 Å². The number of hydrogen-bond acceptors (Lipinski definition) is 4. The van der Waals surface area contributed by atoms with Crippen molar-refractivity contribution in [2.75, 3.05) is 4.90 Å². The number of pyridine rings is 1. The maximum atomic E-state index is 13.1. The summed E-state index contributed by atoms with van der Waals surface area (Å²) in [6.45, 7) is 3.89. The molecule has 0 atom stereocenters. The second kappa shape index (κ2) is 7.87. The minimum atomic E-state index is -0.761. The van der Waals surface area contributed by atoms with Crippen molar-refractivity contribution in [3.05, 3.63) is 95.5 Å². The van der Waals surface area contributed by atoms with E-state index in [1.54, 1.807) is 42.6 Å². The molecular weight excluding hydrogens is 416 g/mol. The lowest BCUT2D eigenvalue weighted by Crippen LogP contribution is -2.54. The molecule has 7 nitrogen and oxygen atoms in total. The van der Waals surface area contributed by atoms with Crippen LogP contribution in [-0.2, 0) is 9.59 Å². The molecule has 1 fully saturated rings. The number of carbonyl (C=O) groups excluding carboxylic acids is 3. The molecule has 0 aliphatic carbocycles. The average molecular weight is 436 g/mol. The maximum absolute atomic E-state index is 13.1. The summed E-state index contributed by atoms with van der Waals surface area (Å²) in [5.74, 6) is -1.37. The first-order valence-corrected chi connectivity index (χ1v) is 10.4. The fourth-order valence-corrected chi connectivity index (χ4v) is 4.16. The Labute approximate surface area is 190 Å². The normalized spacial score (nSPS) is 15.4. The average Bonchev–Trinajstić information content (AvgIpc) is 3.09. The Kier molecular flexibility index (Phi) is 4.86. The molecule has 0 spiro atoms. The zero-order valence-corrected chi connectivity index (χ0v) is 18.1. The van der Waals surface area contributed by atoms with E-state index in [4.69, 9.17) is 0 Å². The van der Waals surface area contributed by atoms with Gasteiger partial charge in [0.25, 0.3) is 11.8 Å². The second-order valence-electron chi connectivity index (χ2n) is 7.84. The molecule has 0 bridgehead atoms. The number of urea groups is 1. The fraction of sp³-hybridized carbons (Fsp3) is 0.0769. The Bertz CT molecular complexity index is 1470. The third-order valence-corrected chi connectivity index (χ3v) is 5.73. The number of nitrogens with zero attached hydrogens (tertiary/aromatic N) is 3. The van der Waals surface area contributed by atoms with Crippen LogP contribution in [0.15, 0.2) is 78.5 Å². The van der Waals surface area contributed by atoms with E-state index in [1.165, 1.54) is 0 Å². The number of benzene rings is 2. The number of barbiturate groups is 1. The van der Waals surface area contributed by atoms with Crippen molar-refractivity contribution < 1.29 is 14.4 Å². The molecule has 1 saturated heterocycles. The number of anilines is 1. The molecule has 2 aromatic heterocycles. The summed E-state index contributed by atoms with van der Waals surface area (Å²) in [5.41, 5.74) is 4.70. The van der Waals surface area contributed by atoms with E-state index < -0.39 is 17.8 Å². The standard InChI is InChI=1S/C26H20N4O3/c1-16-13-19(17(2)29(16)21-10-11-23-18(14-21)7-6-12-27-23)15-22-24(31)28-26(33)30(25(22)32)20-8-4-3-5-9-20/h3-15H,1-2H3,(H,28,31,33)/b22-15+. The number of aromatic nitrogens is 2. The smallest absolute Gasteiger partial charge is 0.318 e.